The van der Waals surface area contributed by atoms with Crippen LogP contribution in [0.15, 0.2) is 49.6 Å². The van der Waals surface area contributed by atoms with Gasteiger partial charge in [0.05, 0.1) is 0 Å². The molecule has 2 saturated heterocycles. The van der Waals surface area contributed by atoms with Crippen LogP contribution in [0.4, 0.5) is 0 Å². The van der Waals surface area contributed by atoms with E-state index < -0.39 is 6.85 Å². The Morgan fingerprint density at radius 3 is 2.87 bits per heavy atom. The third kappa shape index (κ3) is 6.14. The molecule has 0 aromatic carbocycles. The fourth-order valence-electron chi connectivity index (χ4n) is 6.75. The van der Waals surface area contributed by atoms with E-state index >= 15 is 0 Å². The molecule has 6 heteroatoms. The minimum Gasteiger partial charge on any atom is -0.651 e. The molecule has 0 aromatic heterocycles. The molecule has 0 amide bonds. The number of fused-ring (bicyclic) bond motifs is 4. The van der Waals surface area contributed by atoms with E-state index in [4.69, 9.17) is 14.2 Å². The number of hydrogen-bond acceptors (Lipinski definition) is 4. The smallest absolute Gasteiger partial charge is 0.651 e. The van der Waals surface area contributed by atoms with Crippen LogP contribution in [0.25, 0.3) is 5.32 Å². The van der Waals surface area contributed by atoms with Crippen LogP contribution in [-0.4, -0.2) is 35.5 Å². The van der Waals surface area contributed by atoms with Gasteiger partial charge in [0.25, 0.3) is 0 Å². The van der Waals surface area contributed by atoms with Gasteiger partial charge < -0.3 is 15.0 Å². The van der Waals surface area contributed by atoms with E-state index in [1.54, 1.807) is 0 Å². The molecular formula is C32H42IrN3OS. The van der Waals surface area contributed by atoms with Crippen LogP contribution in [0, 0.1) is 30.3 Å². The average Bonchev–Trinajstić information content (AvgIpc) is 3.52. The van der Waals surface area contributed by atoms with Crippen molar-refractivity contribution in [3.8, 4) is 0 Å². The standard InChI is InChI=1S/C20H26N2OS.C12H16N.Ir/c1-11-6-7-14-13-4-3-5-15(19(13)23-20(14)21-11)16-8-9-18-17(22-16)10-12(2)24-18;1-10-7-8-12(13-9-10)11-5-3-2-4-6-11;/h5,9,12-14,16-17,20H,3-4,6-8,10H2,1-2H3;8-10H,2-5,7H2,1H3;/q-2;-1;+3/t12?,13?,14?,16?,17-,20?;10-;/m10./s1/i1D3;;. The first kappa shape index (κ1) is 24.7. The average molecular weight is 712 g/mol. The second-order valence-electron chi connectivity index (χ2n) is 11.6. The summed E-state index contributed by atoms with van der Waals surface area (Å²) in [5.74, 6) is 2.39. The van der Waals surface area contributed by atoms with Crippen molar-refractivity contribution in [2.24, 2.45) is 27.7 Å². The third-order valence-corrected chi connectivity index (χ3v) is 10.0. The molecule has 2 fully saturated rings. The van der Waals surface area contributed by atoms with Gasteiger partial charge in [-0.2, -0.15) is 11.1 Å². The van der Waals surface area contributed by atoms with Crippen LogP contribution in [0.1, 0.15) is 95.4 Å². The first-order chi connectivity index (χ1) is 19.3. The van der Waals surface area contributed by atoms with E-state index in [0.717, 1.165) is 50.7 Å². The summed E-state index contributed by atoms with van der Waals surface area (Å²) >= 11 is 1.98. The molecule has 0 bridgehead atoms. The fraction of sp³-hybridized carbons (Fsp3) is 0.656. The number of allylic oxidation sites excluding steroid dienone is 4. The van der Waals surface area contributed by atoms with Crippen LogP contribution >= 0.6 is 11.8 Å². The monoisotopic (exact) mass is 712 g/mol. The maximum Gasteiger partial charge on any atom is 3.00 e. The van der Waals surface area contributed by atoms with Gasteiger partial charge in [-0.3, -0.25) is 11.1 Å². The van der Waals surface area contributed by atoms with Gasteiger partial charge >= 0.3 is 20.1 Å². The van der Waals surface area contributed by atoms with Crippen LogP contribution in [-0.2, 0) is 24.8 Å². The zero-order chi connectivity index (χ0) is 27.9. The van der Waals surface area contributed by atoms with E-state index in [1.165, 1.54) is 41.0 Å². The Kier molecular flexibility index (Phi) is 8.21. The molecule has 5 aliphatic heterocycles. The minimum absolute atomic E-state index is 0. The summed E-state index contributed by atoms with van der Waals surface area (Å²) in [5.41, 5.74) is 4.14. The summed E-state index contributed by atoms with van der Waals surface area (Å²) < 4.78 is 29.3. The van der Waals surface area contributed by atoms with E-state index in [2.05, 4.69) is 54.7 Å². The minimum atomic E-state index is -2.10. The Balaban J connectivity index is 0.000000204. The fourth-order valence-corrected chi connectivity index (χ4v) is 8.00. The van der Waals surface area contributed by atoms with Crippen molar-refractivity contribution in [3.63, 3.8) is 0 Å². The molecule has 5 unspecified atom stereocenters. The summed E-state index contributed by atoms with van der Waals surface area (Å²) in [6.07, 6.45) is 23.9. The Morgan fingerprint density at radius 2 is 2.08 bits per heavy atom. The molecule has 0 spiro atoms. The SMILES string of the molecule is C[C@@H]1C=NC(C2=[C-]CCCC2)=CC1.[2H]C([2H])([2H])C1=NC2OC3=C(C4CC=C5SC(C)C[C@H]5[N-]4)[CH-]CCC3C2CC1.[Ir+3]. The predicted molar refractivity (Wildman–Crippen MR) is 156 cm³/mol. The normalized spacial score (nSPS) is 38.9. The van der Waals surface area contributed by atoms with Crippen molar-refractivity contribution in [3.05, 3.63) is 57.5 Å². The van der Waals surface area contributed by atoms with Gasteiger partial charge in [-0.05, 0) is 61.2 Å². The maximum atomic E-state index is 7.67. The zero-order valence-corrected chi connectivity index (χ0v) is 25.8. The summed E-state index contributed by atoms with van der Waals surface area (Å²) in [5, 5.41) is 5.82. The molecule has 5 heterocycles. The van der Waals surface area contributed by atoms with Crippen molar-refractivity contribution in [2.45, 2.75) is 115 Å². The van der Waals surface area contributed by atoms with Crippen LogP contribution < -0.4 is 0 Å². The number of nitrogens with zero attached hydrogens (tertiary/aromatic N) is 3. The molecular weight excluding hydrogens is 667 g/mol. The van der Waals surface area contributed by atoms with Crippen LogP contribution in [0.3, 0.4) is 0 Å². The van der Waals surface area contributed by atoms with Gasteiger partial charge in [-0.25, -0.2) is 6.42 Å². The Morgan fingerprint density at radius 1 is 1.16 bits per heavy atom. The zero-order valence-electron chi connectivity index (χ0n) is 25.6. The van der Waals surface area contributed by atoms with Gasteiger partial charge in [0, 0.05) is 21.0 Å². The molecule has 4 nitrogen and oxygen atoms in total. The van der Waals surface area contributed by atoms with Crippen LogP contribution in [0.5, 0.6) is 0 Å². The molecule has 38 heavy (non-hydrogen) atoms. The molecule has 7 rings (SSSR count). The largest absolute Gasteiger partial charge is 3.00 e. The number of hydrogen-bond donors (Lipinski definition) is 0. The van der Waals surface area contributed by atoms with Crippen molar-refractivity contribution in [1.29, 1.82) is 0 Å². The number of ether oxygens (including phenoxy) is 1. The van der Waals surface area contributed by atoms with Gasteiger partial charge in [0.2, 0.25) is 0 Å². The molecule has 7 atom stereocenters. The van der Waals surface area contributed by atoms with Crippen molar-refractivity contribution >= 4 is 23.7 Å². The van der Waals surface area contributed by atoms with E-state index in [9.17, 15) is 0 Å². The van der Waals surface area contributed by atoms with Gasteiger partial charge in [-0.1, -0.05) is 57.7 Å². The Bertz CT molecular complexity index is 1170. The topological polar surface area (TPSA) is 48.1 Å². The van der Waals surface area contributed by atoms with Crippen molar-refractivity contribution in [1.82, 2.24) is 0 Å². The molecule has 0 saturated carbocycles. The Hall–Kier alpha value is -1.07. The third-order valence-electron chi connectivity index (χ3n) is 8.73. The second kappa shape index (κ2) is 12.6. The maximum absolute atomic E-state index is 7.67. The van der Waals surface area contributed by atoms with Crippen molar-refractivity contribution < 1.29 is 29.0 Å². The second-order valence-corrected chi connectivity index (χ2v) is 13.1. The molecule has 0 aromatic rings. The Labute approximate surface area is 252 Å². The summed E-state index contributed by atoms with van der Waals surface area (Å²) in [4.78, 5) is 10.4. The predicted octanol–water partition coefficient (Wildman–Crippen LogP) is 8.29. The number of thioether (sulfide) groups is 1. The summed E-state index contributed by atoms with van der Waals surface area (Å²) in [6.45, 7) is 2.39. The number of rotatable bonds is 2. The van der Waals surface area contributed by atoms with E-state index in [1.807, 2.05) is 11.8 Å². The molecule has 0 N–H and O–H groups in total. The molecule has 0 radical (unpaired) electrons. The molecule has 2 aliphatic carbocycles. The van der Waals surface area contributed by atoms with E-state index in [0.29, 0.717) is 41.2 Å². The molecule has 206 valence electrons. The van der Waals surface area contributed by atoms with Crippen molar-refractivity contribution in [2.75, 3.05) is 0 Å². The molecule has 7 aliphatic rings. The van der Waals surface area contributed by atoms with Crippen LogP contribution in [0.2, 0.25) is 0 Å². The first-order valence-electron chi connectivity index (χ1n) is 16.0. The van der Waals surface area contributed by atoms with Gasteiger partial charge in [0.15, 0.2) is 6.23 Å². The summed E-state index contributed by atoms with van der Waals surface area (Å²) in [7, 11) is 0. The van der Waals surface area contributed by atoms with E-state index in [-0.39, 0.29) is 32.4 Å². The quantitative estimate of drug-likeness (QED) is 0.271. The van der Waals surface area contributed by atoms with Gasteiger partial charge in [0.1, 0.15) is 0 Å². The van der Waals surface area contributed by atoms with Gasteiger partial charge in [-0.15, -0.1) is 42.8 Å². The first-order valence-corrected chi connectivity index (χ1v) is 15.4. The number of aliphatic imine (C=N–C) groups is 2. The summed E-state index contributed by atoms with van der Waals surface area (Å²) in [6, 6.07) is 0.545.